The zero-order chi connectivity index (χ0) is 15.6. The molecule has 0 amide bonds. The molecule has 22 heavy (non-hydrogen) atoms. The van der Waals surface area contributed by atoms with Crippen molar-refractivity contribution in [3.05, 3.63) is 6.33 Å². The predicted molar refractivity (Wildman–Crippen MR) is 80.2 cm³/mol. The van der Waals surface area contributed by atoms with Gasteiger partial charge in [-0.05, 0) is 18.6 Å². The maximum atomic E-state index is 10.4. The van der Waals surface area contributed by atoms with E-state index in [0.717, 1.165) is 0 Å². The van der Waals surface area contributed by atoms with Gasteiger partial charge in [-0.1, -0.05) is 11.8 Å². The molecule has 5 atom stereocenters. The van der Waals surface area contributed by atoms with E-state index in [0.29, 0.717) is 28.6 Å². The molecule has 0 bridgehead atoms. The highest BCUT2D eigenvalue weighted by Gasteiger charge is 2.71. The normalized spacial score (nSPS) is 36.7. The number of nitrogens with two attached hydrogens (primary N) is 1. The highest BCUT2D eigenvalue weighted by atomic mass is 32.2. The van der Waals surface area contributed by atoms with Gasteiger partial charge in [-0.15, -0.1) is 0 Å². The minimum absolute atomic E-state index is 0.00817. The van der Waals surface area contributed by atoms with Crippen molar-refractivity contribution in [3.8, 4) is 0 Å². The van der Waals surface area contributed by atoms with Gasteiger partial charge in [0.25, 0.3) is 0 Å². The zero-order valence-corrected chi connectivity index (χ0v) is 12.7. The first-order valence-electron chi connectivity index (χ1n) is 7.04. The number of aliphatic hydroxyl groups excluding tert-OH is 3. The Balaban J connectivity index is 1.84. The van der Waals surface area contributed by atoms with Gasteiger partial charge in [0.2, 0.25) is 0 Å². The minimum Gasteiger partial charge on any atom is -0.396 e. The summed E-state index contributed by atoms with van der Waals surface area (Å²) in [4.78, 5) is 12.8. The van der Waals surface area contributed by atoms with Crippen LogP contribution in [0.25, 0.3) is 11.2 Å². The van der Waals surface area contributed by atoms with Gasteiger partial charge in [0.05, 0.1) is 25.1 Å². The number of fused-ring (bicyclic) bond motifs is 2. The van der Waals surface area contributed by atoms with Crippen LogP contribution in [0.15, 0.2) is 11.5 Å². The second-order valence-electron chi connectivity index (χ2n) is 6.05. The topological polar surface area (TPSA) is 130 Å². The fraction of sp³-hybridized carbons (Fsp3) is 0.615. The summed E-state index contributed by atoms with van der Waals surface area (Å²) >= 11 is 1.37. The third-order valence-electron chi connectivity index (χ3n) is 5.08. The Bertz CT molecular complexity index is 753. The van der Waals surface area contributed by atoms with Gasteiger partial charge >= 0.3 is 0 Å². The number of aliphatic hydroxyl groups is 3. The number of anilines is 1. The predicted octanol–water partition coefficient (Wildman–Crippen LogP) is -0.595. The summed E-state index contributed by atoms with van der Waals surface area (Å²) in [6.07, 6.45) is 2.21. The molecule has 5 N–H and O–H groups in total. The monoisotopic (exact) mass is 323 g/mol. The van der Waals surface area contributed by atoms with Crippen molar-refractivity contribution >= 4 is 28.7 Å². The molecule has 118 valence electrons. The lowest BCUT2D eigenvalue weighted by molar-refractivity contribution is -0.0300. The lowest BCUT2D eigenvalue weighted by Gasteiger charge is -2.23. The van der Waals surface area contributed by atoms with E-state index < -0.39 is 17.6 Å². The Morgan fingerprint density at radius 1 is 1.45 bits per heavy atom. The van der Waals surface area contributed by atoms with Crippen molar-refractivity contribution in [2.24, 2.45) is 11.3 Å². The van der Waals surface area contributed by atoms with Crippen LogP contribution in [0.4, 0.5) is 5.82 Å². The number of hydrogen-bond donors (Lipinski definition) is 4. The van der Waals surface area contributed by atoms with Crippen molar-refractivity contribution in [1.29, 1.82) is 0 Å². The van der Waals surface area contributed by atoms with Gasteiger partial charge < -0.3 is 25.6 Å². The number of aromatic nitrogens is 4. The number of nitrogen functional groups attached to an aromatic ring is 1. The van der Waals surface area contributed by atoms with Gasteiger partial charge in [-0.2, -0.15) is 0 Å². The number of hydrogen-bond acceptors (Lipinski definition) is 8. The van der Waals surface area contributed by atoms with Gasteiger partial charge in [0.15, 0.2) is 16.6 Å². The molecule has 9 heteroatoms. The van der Waals surface area contributed by atoms with Gasteiger partial charge in [-0.3, -0.25) is 0 Å². The molecule has 1 unspecified atom stereocenters. The van der Waals surface area contributed by atoms with Crippen LogP contribution in [0.3, 0.4) is 0 Å². The molecule has 0 aromatic carbocycles. The number of nitrogens with zero attached hydrogens (tertiary/aromatic N) is 4. The van der Waals surface area contributed by atoms with Crippen LogP contribution in [-0.4, -0.2) is 59.9 Å². The summed E-state index contributed by atoms with van der Waals surface area (Å²) in [5.74, 6) is 0.305. The highest BCUT2D eigenvalue weighted by molar-refractivity contribution is 7.98. The van der Waals surface area contributed by atoms with E-state index in [2.05, 4.69) is 15.0 Å². The molecule has 2 aromatic rings. The van der Waals surface area contributed by atoms with E-state index in [1.165, 1.54) is 11.8 Å². The summed E-state index contributed by atoms with van der Waals surface area (Å²) in [5.41, 5.74) is 6.35. The van der Waals surface area contributed by atoms with Crippen LogP contribution in [0.2, 0.25) is 0 Å². The van der Waals surface area contributed by atoms with E-state index in [4.69, 9.17) is 5.73 Å². The first kappa shape index (κ1) is 14.2. The van der Waals surface area contributed by atoms with Gasteiger partial charge in [-0.25, -0.2) is 15.0 Å². The van der Waals surface area contributed by atoms with Crippen LogP contribution >= 0.6 is 11.8 Å². The molecular formula is C13H17N5O3S. The number of imidazole rings is 1. The van der Waals surface area contributed by atoms with Crippen molar-refractivity contribution in [2.75, 3.05) is 18.6 Å². The SMILES string of the molecule is CSc1nc(N)c2ncn(C3[C@@H](O)[C@@H](O)[C@]4(CO)C[C@H]34)c2n1. The smallest absolute Gasteiger partial charge is 0.191 e. The third-order valence-corrected chi connectivity index (χ3v) is 5.63. The second kappa shape index (κ2) is 4.54. The summed E-state index contributed by atoms with van der Waals surface area (Å²) in [5, 5.41) is 30.7. The van der Waals surface area contributed by atoms with Crippen LogP contribution in [0.1, 0.15) is 12.5 Å². The maximum absolute atomic E-state index is 10.4. The largest absolute Gasteiger partial charge is 0.396 e. The lowest BCUT2D eigenvalue weighted by atomic mass is 10.0. The Hall–Kier alpha value is -1.42. The first-order chi connectivity index (χ1) is 10.5. The molecule has 4 rings (SSSR count). The molecule has 0 radical (unpaired) electrons. The Morgan fingerprint density at radius 3 is 2.86 bits per heavy atom. The molecule has 2 heterocycles. The van der Waals surface area contributed by atoms with E-state index >= 15 is 0 Å². The lowest BCUT2D eigenvalue weighted by Crippen LogP contribution is -2.35. The van der Waals surface area contributed by atoms with E-state index in [9.17, 15) is 15.3 Å². The van der Waals surface area contributed by atoms with Crippen molar-refractivity contribution in [2.45, 2.75) is 29.8 Å². The zero-order valence-electron chi connectivity index (χ0n) is 11.9. The number of thioether (sulfide) groups is 1. The molecule has 8 nitrogen and oxygen atoms in total. The Labute approximate surface area is 130 Å². The molecule has 2 fully saturated rings. The molecule has 0 saturated heterocycles. The average Bonchev–Trinajstić information content (AvgIpc) is 3.03. The third kappa shape index (κ3) is 1.62. The Morgan fingerprint density at radius 2 is 2.23 bits per heavy atom. The molecule has 2 aliphatic carbocycles. The number of rotatable bonds is 3. The first-order valence-corrected chi connectivity index (χ1v) is 8.27. The Kier molecular flexibility index (Phi) is 2.93. The van der Waals surface area contributed by atoms with Gasteiger partial charge in [0, 0.05) is 5.41 Å². The van der Waals surface area contributed by atoms with Crippen LogP contribution in [0.5, 0.6) is 0 Å². The van der Waals surface area contributed by atoms with Crippen molar-refractivity contribution in [3.63, 3.8) is 0 Å². The molecule has 2 aromatic heterocycles. The fourth-order valence-corrected chi connectivity index (χ4v) is 4.14. The summed E-state index contributed by atoms with van der Waals surface area (Å²) in [6, 6.07) is -0.365. The molecule has 0 spiro atoms. The molecule has 0 aliphatic heterocycles. The van der Waals surface area contributed by atoms with E-state index in [1.54, 1.807) is 10.9 Å². The summed E-state index contributed by atoms with van der Waals surface area (Å²) < 4.78 is 1.76. The molecule has 2 aliphatic rings. The molecule has 2 saturated carbocycles. The quantitative estimate of drug-likeness (QED) is 0.435. The van der Waals surface area contributed by atoms with E-state index in [1.807, 2.05) is 6.26 Å². The summed E-state index contributed by atoms with van der Waals surface area (Å²) in [6.45, 7) is -0.133. The van der Waals surface area contributed by atoms with Crippen LogP contribution in [0, 0.1) is 11.3 Å². The average molecular weight is 323 g/mol. The minimum atomic E-state index is -0.961. The van der Waals surface area contributed by atoms with Gasteiger partial charge in [0.1, 0.15) is 11.6 Å². The van der Waals surface area contributed by atoms with E-state index in [-0.39, 0.29) is 18.6 Å². The standard InChI is InChI=1S/C13H17N5O3S/c1-22-12-16-10(14)6-11(17-12)18(4-15-6)7-5-2-13(5,3-19)9(21)8(7)20/h4-5,7-9,19-21H,2-3H2,1H3,(H2,14,16,17)/t5-,7?,8-,9-,13+/m1/s1. The highest BCUT2D eigenvalue weighted by Crippen LogP contribution is 2.67. The van der Waals surface area contributed by atoms with Crippen LogP contribution in [-0.2, 0) is 0 Å². The van der Waals surface area contributed by atoms with Crippen LogP contribution < -0.4 is 5.73 Å². The second-order valence-corrected chi connectivity index (χ2v) is 6.82. The molecular weight excluding hydrogens is 306 g/mol. The summed E-state index contributed by atoms with van der Waals surface area (Å²) in [7, 11) is 0. The van der Waals surface area contributed by atoms with Crippen molar-refractivity contribution < 1.29 is 15.3 Å². The maximum Gasteiger partial charge on any atom is 0.191 e. The fourth-order valence-electron chi connectivity index (χ4n) is 3.78. The van der Waals surface area contributed by atoms with Crippen molar-refractivity contribution in [1.82, 2.24) is 19.5 Å².